The average molecular weight is 260 g/mol. The quantitative estimate of drug-likeness (QED) is 0.645. The fourth-order valence-electron chi connectivity index (χ4n) is 1.83. The molecule has 0 aliphatic carbocycles. The lowest BCUT2D eigenvalue weighted by molar-refractivity contribution is 0.356. The van der Waals surface area contributed by atoms with Gasteiger partial charge < -0.3 is 20.2 Å². The first kappa shape index (κ1) is 11.3. The SMILES string of the molecule is COc1cc2nc(-c3nc(N)n[nH]3)[nH]c2cc1OC. The zero-order chi connectivity index (χ0) is 13.4. The first-order chi connectivity index (χ1) is 9.21. The van der Waals surface area contributed by atoms with E-state index in [1.807, 2.05) is 6.07 Å². The van der Waals surface area contributed by atoms with E-state index in [0.29, 0.717) is 23.1 Å². The zero-order valence-corrected chi connectivity index (χ0v) is 10.4. The number of nitrogens with zero attached hydrogens (tertiary/aromatic N) is 3. The molecule has 0 unspecified atom stereocenters. The zero-order valence-electron chi connectivity index (χ0n) is 10.4. The van der Waals surface area contributed by atoms with Gasteiger partial charge in [0.25, 0.3) is 0 Å². The van der Waals surface area contributed by atoms with Crippen LogP contribution in [0.3, 0.4) is 0 Å². The summed E-state index contributed by atoms with van der Waals surface area (Å²) in [5.41, 5.74) is 7.01. The predicted octanol–water partition coefficient (Wildman–Crippen LogP) is 0.947. The largest absolute Gasteiger partial charge is 0.493 e. The standard InChI is InChI=1S/C11H12N6O2/c1-18-7-3-5-6(4-8(7)19-2)14-9(13-5)10-15-11(12)17-16-10/h3-4H,1-2H3,(H,13,14)(H3,12,15,16,17). The van der Waals surface area contributed by atoms with Crippen molar-refractivity contribution >= 4 is 17.0 Å². The van der Waals surface area contributed by atoms with E-state index >= 15 is 0 Å². The van der Waals surface area contributed by atoms with Crippen LogP contribution in [-0.4, -0.2) is 39.4 Å². The van der Waals surface area contributed by atoms with Crippen LogP contribution in [0.4, 0.5) is 5.95 Å². The van der Waals surface area contributed by atoms with Crippen LogP contribution in [0.25, 0.3) is 22.7 Å². The van der Waals surface area contributed by atoms with Crippen LogP contribution in [0.2, 0.25) is 0 Å². The Kier molecular flexibility index (Phi) is 2.48. The van der Waals surface area contributed by atoms with E-state index in [2.05, 4.69) is 25.1 Å². The second kappa shape index (κ2) is 4.16. The molecule has 4 N–H and O–H groups in total. The molecule has 0 fully saturated rings. The van der Waals surface area contributed by atoms with Gasteiger partial charge in [-0.15, -0.1) is 5.10 Å². The second-order valence-electron chi connectivity index (χ2n) is 3.85. The van der Waals surface area contributed by atoms with E-state index in [-0.39, 0.29) is 5.95 Å². The summed E-state index contributed by atoms with van der Waals surface area (Å²) in [6.45, 7) is 0. The summed E-state index contributed by atoms with van der Waals surface area (Å²) in [5, 5.41) is 6.46. The Labute approximate surface area is 108 Å². The fraction of sp³-hybridized carbons (Fsp3) is 0.182. The maximum absolute atomic E-state index is 5.47. The van der Waals surface area contributed by atoms with Gasteiger partial charge >= 0.3 is 0 Å². The number of benzene rings is 1. The van der Waals surface area contributed by atoms with Crippen molar-refractivity contribution in [1.29, 1.82) is 0 Å². The molecular formula is C11H12N6O2. The molecule has 0 atom stereocenters. The van der Waals surface area contributed by atoms with Crippen molar-refractivity contribution in [2.75, 3.05) is 20.0 Å². The molecule has 3 rings (SSSR count). The van der Waals surface area contributed by atoms with Crippen LogP contribution in [-0.2, 0) is 0 Å². The van der Waals surface area contributed by atoms with Crippen molar-refractivity contribution in [3.8, 4) is 23.1 Å². The van der Waals surface area contributed by atoms with Gasteiger partial charge in [0.05, 0.1) is 25.3 Å². The fourth-order valence-corrected chi connectivity index (χ4v) is 1.83. The molecule has 2 aromatic heterocycles. The Balaban J connectivity index is 2.15. The highest BCUT2D eigenvalue weighted by molar-refractivity contribution is 5.82. The molecule has 0 saturated heterocycles. The molecule has 0 spiro atoms. The summed E-state index contributed by atoms with van der Waals surface area (Å²) in [6, 6.07) is 3.60. The maximum atomic E-state index is 5.47. The number of aromatic nitrogens is 5. The van der Waals surface area contributed by atoms with E-state index < -0.39 is 0 Å². The van der Waals surface area contributed by atoms with Gasteiger partial charge in [-0.1, -0.05) is 0 Å². The number of rotatable bonds is 3. The molecule has 0 aliphatic rings. The second-order valence-corrected chi connectivity index (χ2v) is 3.85. The number of hydrogen-bond donors (Lipinski definition) is 3. The number of H-pyrrole nitrogens is 2. The third kappa shape index (κ3) is 1.82. The molecule has 0 bridgehead atoms. The van der Waals surface area contributed by atoms with Crippen LogP contribution in [0.15, 0.2) is 12.1 Å². The van der Waals surface area contributed by atoms with E-state index in [9.17, 15) is 0 Å². The Morgan fingerprint density at radius 3 is 2.42 bits per heavy atom. The van der Waals surface area contributed by atoms with E-state index in [1.165, 1.54) is 0 Å². The summed E-state index contributed by atoms with van der Waals surface area (Å²) < 4.78 is 10.5. The average Bonchev–Trinajstić information content (AvgIpc) is 3.02. The number of ether oxygens (including phenoxy) is 2. The van der Waals surface area contributed by atoms with Crippen LogP contribution >= 0.6 is 0 Å². The monoisotopic (exact) mass is 260 g/mol. The Morgan fingerprint density at radius 2 is 1.79 bits per heavy atom. The Bertz CT molecular complexity index is 691. The summed E-state index contributed by atoms with van der Waals surface area (Å²) in [7, 11) is 3.16. The van der Waals surface area contributed by atoms with Gasteiger partial charge in [-0.25, -0.2) is 4.98 Å². The van der Waals surface area contributed by atoms with Crippen LogP contribution in [0, 0.1) is 0 Å². The number of aromatic amines is 2. The summed E-state index contributed by atoms with van der Waals surface area (Å²) in [5.74, 6) is 2.44. The number of nitrogens with two attached hydrogens (primary N) is 1. The number of anilines is 1. The smallest absolute Gasteiger partial charge is 0.239 e. The van der Waals surface area contributed by atoms with Crippen molar-refractivity contribution in [1.82, 2.24) is 25.1 Å². The van der Waals surface area contributed by atoms with Gasteiger partial charge in [-0.05, 0) is 0 Å². The van der Waals surface area contributed by atoms with E-state index in [1.54, 1.807) is 20.3 Å². The number of fused-ring (bicyclic) bond motifs is 1. The molecule has 0 saturated carbocycles. The minimum absolute atomic E-state index is 0.172. The third-order valence-corrected chi connectivity index (χ3v) is 2.71. The first-order valence-electron chi connectivity index (χ1n) is 5.51. The molecule has 3 aromatic rings. The van der Waals surface area contributed by atoms with Crippen LogP contribution < -0.4 is 15.2 Å². The van der Waals surface area contributed by atoms with Gasteiger partial charge in [-0.3, -0.25) is 5.10 Å². The normalized spacial score (nSPS) is 10.8. The summed E-state index contributed by atoms with van der Waals surface area (Å²) in [6.07, 6.45) is 0. The minimum Gasteiger partial charge on any atom is -0.493 e. The molecular weight excluding hydrogens is 248 g/mol. The number of methoxy groups -OCH3 is 2. The maximum Gasteiger partial charge on any atom is 0.239 e. The highest BCUT2D eigenvalue weighted by Crippen LogP contribution is 2.31. The van der Waals surface area contributed by atoms with Crippen molar-refractivity contribution in [3.05, 3.63) is 12.1 Å². The summed E-state index contributed by atoms with van der Waals surface area (Å²) in [4.78, 5) is 11.5. The first-order valence-corrected chi connectivity index (χ1v) is 5.51. The molecule has 0 aliphatic heterocycles. The molecule has 2 heterocycles. The topological polar surface area (TPSA) is 115 Å². The molecule has 0 radical (unpaired) electrons. The number of nitrogen functional groups attached to an aromatic ring is 1. The molecule has 19 heavy (non-hydrogen) atoms. The number of imidazole rings is 1. The molecule has 0 amide bonds. The van der Waals surface area contributed by atoms with Gasteiger partial charge in [0.1, 0.15) is 0 Å². The molecule has 8 heteroatoms. The molecule has 1 aromatic carbocycles. The van der Waals surface area contributed by atoms with Crippen LogP contribution in [0.5, 0.6) is 11.5 Å². The highest BCUT2D eigenvalue weighted by atomic mass is 16.5. The minimum atomic E-state index is 0.172. The van der Waals surface area contributed by atoms with Crippen molar-refractivity contribution in [2.24, 2.45) is 0 Å². The summed E-state index contributed by atoms with van der Waals surface area (Å²) >= 11 is 0. The third-order valence-electron chi connectivity index (χ3n) is 2.71. The van der Waals surface area contributed by atoms with Crippen LogP contribution in [0.1, 0.15) is 0 Å². The Morgan fingerprint density at radius 1 is 1.05 bits per heavy atom. The lowest BCUT2D eigenvalue weighted by atomic mass is 10.3. The highest BCUT2D eigenvalue weighted by Gasteiger charge is 2.12. The molecule has 8 nitrogen and oxygen atoms in total. The van der Waals surface area contributed by atoms with E-state index in [4.69, 9.17) is 15.2 Å². The van der Waals surface area contributed by atoms with E-state index in [0.717, 1.165) is 11.0 Å². The van der Waals surface area contributed by atoms with Gasteiger partial charge in [0.2, 0.25) is 5.95 Å². The van der Waals surface area contributed by atoms with Gasteiger partial charge in [0, 0.05) is 12.1 Å². The van der Waals surface area contributed by atoms with Crippen molar-refractivity contribution in [3.63, 3.8) is 0 Å². The van der Waals surface area contributed by atoms with Gasteiger partial charge in [0.15, 0.2) is 23.1 Å². The van der Waals surface area contributed by atoms with Crippen molar-refractivity contribution in [2.45, 2.75) is 0 Å². The van der Waals surface area contributed by atoms with Gasteiger partial charge in [-0.2, -0.15) is 4.98 Å². The lowest BCUT2D eigenvalue weighted by Gasteiger charge is -2.06. The predicted molar refractivity (Wildman–Crippen MR) is 69.0 cm³/mol. The Hall–Kier alpha value is -2.77. The lowest BCUT2D eigenvalue weighted by Crippen LogP contribution is -1.89. The van der Waals surface area contributed by atoms with Crippen molar-refractivity contribution < 1.29 is 9.47 Å². The molecule has 98 valence electrons. The number of hydrogen-bond acceptors (Lipinski definition) is 6. The number of nitrogens with one attached hydrogen (secondary N) is 2.